The monoisotopic (exact) mass is 254 g/mol. The van der Waals surface area contributed by atoms with E-state index in [1.54, 1.807) is 0 Å². The Balaban J connectivity index is 1.53. The second-order valence-corrected chi connectivity index (χ2v) is 5.62. The van der Waals surface area contributed by atoms with E-state index in [1.807, 2.05) is 6.92 Å². The maximum Gasteiger partial charge on any atom is 0.220 e. The largest absolute Gasteiger partial charge is 0.378 e. The number of piperidine rings is 1. The summed E-state index contributed by atoms with van der Waals surface area (Å²) in [6.07, 6.45) is 5.61. The first kappa shape index (κ1) is 13.8. The first-order valence-corrected chi connectivity index (χ1v) is 7.37. The van der Waals surface area contributed by atoms with Gasteiger partial charge in [-0.2, -0.15) is 0 Å². The minimum Gasteiger partial charge on any atom is -0.378 e. The van der Waals surface area contributed by atoms with E-state index in [1.165, 1.54) is 12.8 Å². The summed E-state index contributed by atoms with van der Waals surface area (Å²) < 4.78 is 5.51. The molecule has 1 amide bonds. The molecule has 1 aliphatic heterocycles. The molecule has 1 aliphatic carbocycles. The van der Waals surface area contributed by atoms with Gasteiger partial charge in [0, 0.05) is 19.6 Å². The van der Waals surface area contributed by atoms with Crippen LogP contribution in [0.2, 0.25) is 0 Å². The lowest BCUT2D eigenvalue weighted by Crippen LogP contribution is -2.39. The second-order valence-electron chi connectivity index (χ2n) is 5.62. The summed E-state index contributed by atoms with van der Waals surface area (Å²) in [6, 6.07) is 0. The summed E-state index contributed by atoms with van der Waals surface area (Å²) in [5.41, 5.74) is 0. The Morgan fingerprint density at radius 1 is 1.28 bits per heavy atom. The number of carbonyl (C=O) groups is 1. The molecule has 0 radical (unpaired) electrons. The van der Waals surface area contributed by atoms with Crippen LogP contribution in [0.25, 0.3) is 0 Å². The molecule has 2 fully saturated rings. The molecular weight excluding hydrogens is 228 g/mol. The molecule has 1 saturated carbocycles. The van der Waals surface area contributed by atoms with E-state index in [0.717, 1.165) is 39.1 Å². The van der Waals surface area contributed by atoms with Crippen molar-refractivity contribution in [3.05, 3.63) is 0 Å². The van der Waals surface area contributed by atoms with Crippen LogP contribution in [0.15, 0.2) is 0 Å². The SMILES string of the molecule is CCOC1CC(CC(=O)NCC2CCNCC2)C1. The molecule has 104 valence electrons. The Hall–Kier alpha value is -0.610. The van der Waals surface area contributed by atoms with Gasteiger partial charge in [0.2, 0.25) is 5.91 Å². The molecule has 2 aliphatic rings. The lowest BCUT2D eigenvalue weighted by atomic mass is 9.80. The normalized spacial score (nSPS) is 28.7. The Morgan fingerprint density at radius 2 is 2.00 bits per heavy atom. The maximum absolute atomic E-state index is 11.8. The quantitative estimate of drug-likeness (QED) is 0.751. The number of hydrogen-bond acceptors (Lipinski definition) is 3. The summed E-state index contributed by atoms with van der Waals surface area (Å²) in [5, 5.41) is 6.43. The van der Waals surface area contributed by atoms with Crippen LogP contribution in [0.1, 0.15) is 39.0 Å². The van der Waals surface area contributed by atoms with E-state index < -0.39 is 0 Å². The molecule has 0 atom stereocenters. The van der Waals surface area contributed by atoms with Gasteiger partial charge in [-0.05, 0) is 57.5 Å². The predicted octanol–water partition coefficient (Wildman–Crippen LogP) is 1.31. The van der Waals surface area contributed by atoms with Crippen molar-refractivity contribution < 1.29 is 9.53 Å². The summed E-state index contributed by atoms with van der Waals surface area (Å²) in [4.78, 5) is 11.8. The molecule has 0 aromatic carbocycles. The lowest BCUT2D eigenvalue weighted by Gasteiger charge is -2.34. The van der Waals surface area contributed by atoms with Gasteiger partial charge in [-0.25, -0.2) is 0 Å². The van der Waals surface area contributed by atoms with Crippen molar-refractivity contribution in [1.82, 2.24) is 10.6 Å². The summed E-state index contributed by atoms with van der Waals surface area (Å²) >= 11 is 0. The topological polar surface area (TPSA) is 50.4 Å². The Labute approximate surface area is 110 Å². The van der Waals surface area contributed by atoms with Gasteiger partial charge in [0.05, 0.1) is 6.10 Å². The zero-order chi connectivity index (χ0) is 12.8. The third kappa shape index (κ3) is 4.25. The first-order valence-electron chi connectivity index (χ1n) is 7.37. The fourth-order valence-electron chi connectivity index (χ4n) is 2.89. The van der Waals surface area contributed by atoms with Crippen LogP contribution in [0, 0.1) is 11.8 Å². The third-order valence-electron chi connectivity index (χ3n) is 4.12. The molecule has 1 saturated heterocycles. The van der Waals surface area contributed by atoms with Gasteiger partial charge in [0.15, 0.2) is 0 Å². The minimum atomic E-state index is 0.230. The smallest absolute Gasteiger partial charge is 0.220 e. The fraction of sp³-hybridized carbons (Fsp3) is 0.929. The van der Waals surface area contributed by atoms with Gasteiger partial charge in [0.25, 0.3) is 0 Å². The van der Waals surface area contributed by atoms with Crippen LogP contribution in [-0.2, 0) is 9.53 Å². The van der Waals surface area contributed by atoms with Gasteiger partial charge < -0.3 is 15.4 Å². The van der Waals surface area contributed by atoms with Crippen LogP contribution >= 0.6 is 0 Å². The highest BCUT2D eigenvalue weighted by atomic mass is 16.5. The number of ether oxygens (including phenoxy) is 1. The number of rotatable bonds is 6. The van der Waals surface area contributed by atoms with Gasteiger partial charge in [-0.15, -0.1) is 0 Å². The van der Waals surface area contributed by atoms with E-state index in [4.69, 9.17) is 4.74 Å². The van der Waals surface area contributed by atoms with Crippen molar-refractivity contribution in [3.8, 4) is 0 Å². The minimum absolute atomic E-state index is 0.230. The lowest BCUT2D eigenvalue weighted by molar-refractivity contribution is -0.124. The number of carbonyl (C=O) groups excluding carboxylic acids is 1. The third-order valence-corrected chi connectivity index (χ3v) is 4.12. The van der Waals surface area contributed by atoms with E-state index >= 15 is 0 Å². The van der Waals surface area contributed by atoms with Crippen LogP contribution in [0.4, 0.5) is 0 Å². The van der Waals surface area contributed by atoms with E-state index in [0.29, 0.717) is 24.4 Å². The van der Waals surface area contributed by atoms with Crippen molar-refractivity contribution >= 4 is 5.91 Å². The molecule has 4 heteroatoms. The number of amides is 1. The van der Waals surface area contributed by atoms with Gasteiger partial charge in [-0.1, -0.05) is 0 Å². The van der Waals surface area contributed by atoms with Crippen LogP contribution in [0.5, 0.6) is 0 Å². The van der Waals surface area contributed by atoms with E-state index in [2.05, 4.69) is 10.6 Å². The molecular formula is C14H26N2O2. The predicted molar refractivity (Wildman–Crippen MR) is 71.4 cm³/mol. The molecule has 0 aromatic heterocycles. The molecule has 4 nitrogen and oxygen atoms in total. The molecule has 0 spiro atoms. The number of nitrogens with one attached hydrogen (secondary N) is 2. The molecule has 2 N–H and O–H groups in total. The van der Waals surface area contributed by atoms with Crippen molar-refractivity contribution in [1.29, 1.82) is 0 Å². The second kappa shape index (κ2) is 7.10. The molecule has 0 bridgehead atoms. The van der Waals surface area contributed by atoms with Crippen molar-refractivity contribution in [3.63, 3.8) is 0 Å². The van der Waals surface area contributed by atoms with E-state index in [-0.39, 0.29) is 5.91 Å². The Kier molecular flexibility index (Phi) is 5.45. The highest BCUT2D eigenvalue weighted by molar-refractivity contribution is 5.76. The molecule has 2 rings (SSSR count). The average molecular weight is 254 g/mol. The fourth-order valence-corrected chi connectivity index (χ4v) is 2.89. The molecule has 18 heavy (non-hydrogen) atoms. The zero-order valence-electron chi connectivity index (χ0n) is 11.4. The first-order chi connectivity index (χ1) is 8.78. The zero-order valence-corrected chi connectivity index (χ0v) is 11.4. The van der Waals surface area contributed by atoms with Crippen molar-refractivity contribution in [2.45, 2.75) is 45.1 Å². The van der Waals surface area contributed by atoms with Crippen molar-refractivity contribution in [2.24, 2.45) is 11.8 Å². The Bertz CT molecular complexity index is 259. The number of hydrogen-bond donors (Lipinski definition) is 2. The summed E-state index contributed by atoms with van der Waals surface area (Å²) in [7, 11) is 0. The van der Waals surface area contributed by atoms with Crippen LogP contribution < -0.4 is 10.6 Å². The van der Waals surface area contributed by atoms with Crippen LogP contribution in [-0.4, -0.2) is 38.3 Å². The van der Waals surface area contributed by atoms with Gasteiger partial charge in [0.1, 0.15) is 0 Å². The standard InChI is InChI=1S/C14H26N2O2/c1-2-18-13-7-12(8-13)9-14(17)16-10-11-3-5-15-6-4-11/h11-13,15H,2-10H2,1H3,(H,16,17). The van der Waals surface area contributed by atoms with Gasteiger partial charge in [-0.3, -0.25) is 4.79 Å². The van der Waals surface area contributed by atoms with Gasteiger partial charge >= 0.3 is 0 Å². The molecule has 0 unspecified atom stereocenters. The average Bonchev–Trinajstić information content (AvgIpc) is 2.35. The van der Waals surface area contributed by atoms with Crippen molar-refractivity contribution in [2.75, 3.05) is 26.2 Å². The van der Waals surface area contributed by atoms with Crippen LogP contribution in [0.3, 0.4) is 0 Å². The molecule has 0 aromatic rings. The summed E-state index contributed by atoms with van der Waals surface area (Å²) in [6.45, 7) is 5.87. The highest BCUT2D eigenvalue weighted by Gasteiger charge is 2.31. The maximum atomic E-state index is 11.8. The highest BCUT2D eigenvalue weighted by Crippen LogP contribution is 2.32. The Morgan fingerprint density at radius 3 is 2.67 bits per heavy atom. The summed E-state index contributed by atoms with van der Waals surface area (Å²) in [5.74, 6) is 1.45. The molecule has 1 heterocycles. The van der Waals surface area contributed by atoms with E-state index in [9.17, 15) is 4.79 Å².